The summed E-state index contributed by atoms with van der Waals surface area (Å²) >= 11 is 5.97. The highest BCUT2D eigenvalue weighted by atomic mass is 35.5. The van der Waals surface area contributed by atoms with Gasteiger partial charge in [-0.3, -0.25) is 9.69 Å². The number of halogens is 1. The van der Waals surface area contributed by atoms with E-state index in [2.05, 4.69) is 16.0 Å². The van der Waals surface area contributed by atoms with Crippen molar-refractivity contribution in [3.63, 3.8) is 0 Å². The molecule has 1 amide bonds. The standard InChI is InChI=1S/C26H24ClN3O3/c27-19-8-10-20(11-9-19)30-15-14-29(17-25(30)32)13-3-4-18-16-22-23(31)6-1-7-24(22)33-26-21(18)5-2-12-28-26/h1-2,4-12,31H,3,13-17H2/b18-4-. The Hall–Kier alpha value is -3.35. The van der Waals surface area contributed by atoms with E-state index in [9.17, 15) is 9.90 Å². The lowest BCUT2D eigenvalue weighted by Gasteiger charge is -2.34. The molecule has 3 aromatic rings. The molecule has 3 heterocycles. The molecule has 1 N–H and O–H groups in total. The van der Waals surface area contributed by atoms with Crippen molar-refractivity contribution >= 4 is 28.8 Å². The van der Waals surface area contributed by atoms with Crippen molar-refractivity contribution in [1.82, 2.24) is 9.88 Å². The number of piperazine rings is 1. The van der Waals surface area contributed by atoms with Crippen LogP contribution in [-0.2, 0) is 11.2 Å². The quantitative estimate of drug-likeness (QED) is 0.598. The summed E-state index contributed by atoms with van der Waals surface area (Å²) in [6.45, 7) is 2.62. The normalized spacial score (nSPS) is 17.3. The van der Waals surface area contributed by atoms with Gasteiger partial charge in [-0.2, -0.15) is 0 Å². The Morgan fingerprint density at radius 2 is 1.94 bits per heavy atom. The van der Waals surface area contributed by atoms with Gasteiger partial charge in [0.2, 0.25) is 11.8 Å². The largest absolute Gasteiger partial charge is 0.508 e. The molecule has 1 aromatic heterocycles. The highest BCUT2D eigenvalue weighted by Crippen LogP contribution is 2.41. The summed E-state index contributed by atoms with van der Waals surface area (Å²) in [6, 6.07) is 16.6. The molecule has 33 heavy (non-hydrogen) atoms. The van der Waals surface area contributed by atoms with Gasteiger partial charge in [-0.25, -0.2) is 4.98 Å². The van der Waals surface area contributed by atoms with Crippen molar-refractivity contribution in [2.75, 3.05) is 31.1 Å². The molecule has 0 saturated carbocycles. The molecule has 0 unspecified atom stereocenters. The number of phenols is 1. The molecule has 0 radical (unpaired) electrons. The first-order chi connectivity index (χ1) is 16.1. The zero-order valence-electron chi connectivity index (χ0n) is 18.1. The van der Waals surface area contributed by atoms with Gasteiger partial charge in [-0.05, 0) is 60.5 Å². The van der Waals surface area contributed by atoms with Crippen LogP contribution in [0.1, 0.15) is 17.5 Å². The molecule has 168 valence electrons. The van der Waals surface area contributed by atoms with Gasteiger partial charge in [-0.1, -0.05) is 23.7 Å². The number of nitrogens with zero attached hydrogens (tertiary/aromatic N) is 3. The van der Waals surface area contributed by atoms with Crippen LogP contribution < -0.4 is 9.64 Å². The van der Waals surface area contributed by atoms with Gasteiger partial charge >= 0.3 is 0 Å². The molecular formula is C26H24ClN3O3. The minimum Gasteiger partial charge on any atom is -0.508 e. The number of pyridine rings is 1. The number of hydrogen-bond donors (Lipinski definition) is 1. The average molecular weight is 462 g/mol. The van der Waals surface area contributed by atoms with E-state index in [1.165, 1.54) is 0 Å². The van der Waals surface area contributed by atoms with Gasteiger partial charge in [0.05, 0.1) is 6.54 Å². The Kier molecular flexibility index (Phi) is 6.03. The van der Waals surface area contributed by atoms with Gasteiger partial charge < -0.3 is 14.7 Å². The second-order valence-electron chi connectivity index (χ2n) is 8.20. The Morgan fingerprint density at radius 1 is 1.09 bits per heavy atom. The van der Waals surface area contributed by atoms with E-state index in [1.807, 2.05) is 47.4 Å². The van der Waals surface area contributed by atoms with Crippen LogP contribution in [0.3, 0.4) is 0 Å². The summed E-state index contributed by atoms with van der Waals surface area (Å²) in [5.41, 5.74) is 3.63. The van der Waals surface area contributed by atoms with E-state index in [4.69, 9.17) is 16.3 Å². The lowest BCUT2D eigenvalue weighted by atomic mass is 9.97. The number of rotatable bonds is 4. The van der Waals surface area contributed by atoms with Crippen LogP contribution in [0.15, 0.2) is 66.9 Å². The van der Waals surface area contributed by atoms with Crippen LogP contribution in [0.2, 0.25) is 5.02 Å². The summed E-state index contributed by atoms with van der Waals surface area (Å²) < 4.78 is 6.00. The molecule has 2 aliphatic heterocycles. The van der Waals surface area contributed by atoms with E-state index in [0.29, 0.717) is 36.2 Å². The van der Waals surface area contributed by atoms with E-state index < -0.39 is 0 Å². The van der Waals surface area contributed by atoms with Crippen molar-refractivity contribution in [3.05, 3.63) is 83.0 Å². The first kappa shape index (κ1) is 21.5. The van der Waals surface area contributed by atoms with Crippen LogP contribution in [0, 0.1) is 0 Å². The molecule has 2 aromatic carbocycles. The van der Waals surface area contributed by atoms with E-state index in [1.54, 1.807) is 18.3 Å². The minimum atomic E-state index is 0.0903. The summed E-state index contributed by atoms with van der Waals surface area (Å²) in [6.07, 6.45) is 5.21. The average Bonchev–Trinajstić information content (AvgIpc) is 2.98. The fraction of sp³-hybridized carbons (Fsp3) is 0.231. The topological polar surface area (TPSA) is 65.9 Å². The monoisotopic (exact) mass is 461 g/mol. The smallest absolute Gasteiger partial charge is 0.241 e. The number of aromatic hydroxyl groups is 1. The molecule has 7 heteroatoms. The number of anilines is 1. The number of allylic oxidation sites excluding steroid dienone is 1. The molecular weight excluding hydrogens is 438 g/mol. The van der Waals surface area contributed by atoms with Crippen LogP contribution >= 0.6 is 11.6 Å². The molecule has 1 fully saturated rings. The maximum atomic E-state index is 12.7. The van der Waals surface area contributed by atoms with Crippen molar-refractivity contribution < 1.29 is 14.6 Å². The molecule has 0 atom stereocenters. The second kappa shape index (κ2) is 9.25. The molecule has 6 nitrogen and oxygen atoms in total. The second-order valence-corrected chi connectivity index (χ2v) is 8.64. The minimum absolute atomic E-state index is 0.0903. The van der Waals surface area contributed by atoms with Crippen LogP contribution in [0.25, 0.3) is 5.57 Å². The summed E-state index contributed by atoms with van der Waals surface area (Å²) in [5, 5.41) is 11.0. The lowest BCUT2D eigenvalue weighted by Crippen LogP contribution is -2.50. The summed E-state index contributed by atoms with van der Waals surface area (Å²) in [7, 11) is 0. The van der Waals surface area contributed by atoms with E-state index in [0.717, 1.165) is 41.9 Å². The first-order valence-electron chi connectivity index (χ1n) is 11.0. The fourth-order valence-electron chi connectivity index (χ4n) is 4.34. The van der Waals surface area contributed by atoms with Crippen molar-refractivity contribution in [2.24, 2.45) is 0 Å². The molecule has 0 aliphatic carbocycles. The Balaban J connectivity index is 1.28. The molecule has 0 bridgehead atoms. The van der Waals surface area contributed by atoms with E-state index >= 15 is 0 Å². The Morgan fingerprint density at radius 3 is 2.76 bits per heavy atom. The molecule has 0 spiro atoms. The van der Waals surface area contributed by atoms with Gasteiger partial charge in [0.1, 0.15) is 11.5 Å². The van der Waals surface area contributed by atoms with Gasteiger partial charge in [0.25, 0.3) is 0 Å². The van der Waals surface area contributed by atoms with Crippen LogP contribution in [0.5, 0.6) is 17.4 Å². The number of fused-ring (bicyclic) bond motifs is 2. The lowest BCUT2D eigenvalue weighted by molar-refractivity contribution is -0.121. The summed E-state index contributed by atoms with van der Waals surface area (Å²) in [5.74, 6) is 1.48. The molecule has 1 saturated heterocycles. The SMILES string of the molecule is O=C1CN(CC/C=C2/Cc3c(O)cccc3Oc3ncccc32)CCN1c1ccc(Cl)cc1. The van der Waals surface area contributed by atoms with Gasteiger partial charge in [0, 0.05) is 54.1 Å². The Bertz CT molecular complexity index is 1210. The van der Waals surface area contributed by atoms with E-state index in [-0.39, 0.29) is 11.7 Å². The third-order valence-corrected chi connectivity index (χ3v) is 6.33. The number of phenolic OH excluding ortho intramolecular Hbond substituents is 1. The highest BCUT2D eigenvalue weighted by Gasteiger charge is 2.25. The third-order valence-electron chi connectivity index (χ3n) is 6.07. The first-order valence-corrected chi connectivity index (χ1v) is 11.4. The number of carbonyl (C=O) groups is 1. The Labute approximate surface area is 197 Å². The maximum Gasteiger partial charge on any atom is 0.241 e. The van der Waals surface area contributed by atoms with Crippen molar-refractivity contribution in [2.45, 2.75) is 12.8 Å². The summed E-state index contributed by atoms with van der Waals surface area (Å²) in [4.78, 5) is 21.1. The zero-order chi connectivity index (χ0) is 22.8. The fourth-order valence-corrected chi connectivity index (χ4v) is 4.47. The van der Waals surface area contributed by atoms with Gasteiger partial charge in [0.15, 0.2) is 0 Å². The number of aromatic nitrogens is 1. The van der Waals surface area contributed by atoms with Crippen molar-refractivity contribution in [1.29, 1.82) is 0 Å². The van der Waals surface area contributed by atoms with Gasteiger partial charge in [-0.15, -0.1) is 0 Å². The predicted octanol–water partition coefficient (Wildman–Crippen LogP) is 4.91. The predicted molar refractivity (Wildman–Crippen MR) is 129 cm³/mol. The highest BCUT2D eigenvalue weighted by molar-refractivity contribution is 6.30. The molecule has 5 rings (SSSR count). The third kappa shape index (κ3) is 4.58. The van der Waals surface area contributed by atoms with Crippen LogP contribution in [0.4, 0.5) is 5.69 Å². The zero-order valence-corrected chi connectivity index (χ0v) is 18.8. The number of hydrogen-bond acceptors (Lipinski definition) is 5. The molecule has 2 aliphatic rings. The number of ether oxygens (including phenoxy) is 1. The number of amides is 1. The maximum absolute atomic E-state index is 12.7. The number of carbonyl (C=O) groups excluding carboxylic acids is 1. The van der Waals surface area contributed by atoms with Crippen LogP contribution in [-0.4, -0.2) is 47.1 Å². The number of benzene rings is 2. The van der Waals surface area contributed by atoms with Crippen molar-refractivity contribution in [3.8, 4) is 17.4 Å².